The average molecular weight is 183 g/mol. The number of anilines is 1. The van der Waals surface area contributed by atoms with Crippen molar-refractivity contribution in [2.24, 2.45) is 5.73 Å². The quantitative estimate of drug-likeness (QED) is 0.587. The van der Waals surface area contributed by atoms with Gasteiger partial charge in [-0.1, -0.05) is 0 Å². The Bertz CT molecular complexity index is 286. The molecule has 1 amide bonds. The van der Waals surface area contributed by atoms with Gasteiger partial charge in [0.05, 0.1) is 12.2 Å². The second-order valence-corrected chi connectivity index (χ2v) is 2.38. The van der Waals surface area contributed by atoms with E-state index in [4.69, 9.17) is 5.73 Å². The van der Waals surface area contributed by atoms with Gasteiger partial charge in [0.1, 0.15) is 5.82 Å². The van der Waals surface area contributed by atoms with Crippen molar-refractivity contribution < 1.29 is 9.18 Å². The zero-order chi connectivity index (χ0) is 9.68. The molecule has 1 rings (SSSR count). The number of amides is 1. The highest BCUT2D eigenvalue weighted by molar-refractivity contribution is 5.79. The van der Waals surface area contributed by atoms with Gasteiger partial charge in [-0.15, -0.1) is 0 Å². The molecule has 0 heterocycles. The lowest BCUT2D eigenvalue weighted by atomic mass is 10.3. The third-order valence-electron chi connectivity index (χ3n) is 1.38. The maximum atomic E-state index is 12.4. The first-order valence-electron chi connectivity index (χ1n) is 3.73. The maximum Gasteiger partial charge on any atom is 0.252 e. The van der Waals surface area contributed by atoms with Crippen molar-refractivity contribution in [2.75, 3.05) is 12.0 Å². The van der Waals surface area contributed by atoms with Crippen LogP contribution in [-0.2, 0) is 4.79 Å². The van der Waals surface area contributed by atoms with Crippen molar-refractivity contribution in [1.29, 1.82) is 0 Å². The standard InChI is InChI=1S/C8H10FN3O/c9-6-1-3-7(4-2-6)11-12-8(13)5-10/h1-4,11H,5,10H2,(H,12,13). The van der Waals surface area contributed by atoms with Gasteiger partial charge in [-0.05, 0) is 24.3 Å². The predicted molar refractivity (Wildman–Crippen MR) is 47.2 cm³/mol. The summed E-state index contributed by atoms with van der Waals surface area (Å²) in [5.74, 6) is -0.653. The van der Waals surface area contributed by atoms with Crippen LogP contribution in [0.15, 0.2) is 24.3 Å². The molecule has 0 saturated heterocycles. The molecule has 0 unspecified atom stereocenters. The number of halogens is 1. The molecule has 0 saturated carbocycles. The number of carbonyl (C=O) groups is 1. The normalized spacial score (nSPS) is 9.38. The first-order chi connectivity index (χ1) is 6.22. The molecule has 1 aromatic carbocycles. The van der Waals surface area contributed by atoms with Crippen LogP contribution < -0.4 is 16.6 Å². The lowest BCUT2D eigenvalue weighted by molar-refractivity contribution is -0.119. The highest BCUT2D eigenvalue weighted by Crippen LogP contribution is 2.06. The Morgan fingerprint density at radius 1 is 1.38 bits per heavy atom. The van der Waals surface area contributed by atoms with E-state index in [-0.39, 0.29) is 18.3 Å². The minimum atomic E-state index is -0.329. The Morgan fingerprint density at radius 2 is 2.00 bits per heavy atom. The summed E-state index contributed by atoms with van der Waals surface area (Å²) < 4.78 is 12.4. The van der Waals surface area contributed by atoms with Gasteiger partial charge < -0.3 is 5.73 Å². The summed E-state index contributed by atoms with van der Waals surface area (Å²) in [4.78, 5) is 10.7. The number of nitrogens with two attached hydrogens (primary N) is 1. The van der Waals surface area contributed by atoms with E-state index in [9.17, 15) is 9.18 Å². The predicted octanol–water partition coefficient (Wildman–Crippen LogP) is 0.227. The topological polar surface area (TPSA) is 67.2 Å². The van der Waals surface area contributed by atoms with Gasteiger partial charge in [-0.2, -0.15) is 0 Å². The van der Waals surface area contributed by atoms with E-state index in [1.165, 1.54) is 24.3 Å². The summed E-state index contributed by atoms with van der Waals surface area (Å²) in [6.45, 7) is -0.0891. The van der Waals surface area contributed by atoms with E-state index < -0.39 is 0 Å². The number of hydrazine groups is 1. The molecule has 0 aromatic heterocycles. The Labute approximate surface area is 74.9 Å². The molecule has 13 heavy (non-hydrogen) atoms. The fourth-order valence-corrected chi connectivity index (χ4v) is 0.726. The number of hydrogen-bond donors (Lipinski definition) is 3. The van der Waals surface area contributed by atoms with Crippen LogP contribution in [-0.4, -0.2) is 12.5 Å². The summed E-state index contributed by atoms with van der Waals surface area (Å²) in [5, 5.41) is 0. The van der Waals surface area contributed by atoms with Gasteiger partial charge in [0.25, 0.3) is 5.91 Å². The first-order valence-corrected chi connectivity index (χ1v) is 3.73. The third-order valence-corrected chi connectivity index (χ3v) is 1.38. The van der Waals surface area contributed by atoms with E-state index in [0.717, 1.165) is 0 Å². The number of nitrogens with one attached hydrogen (secondary N) is 2. The highest BCUT2D eigenvalue weighted by Gasteiger charge is 1.95. The van der Waals surface area contributed by atoms with Gasteiger partial charge >= 0.3 is 0 Å². The summed E-state index contributed by atoms with van der Waals surface area (Å²) in [6, 6.07) is 5.59. The molecule has 0 aliphatic carbocycles. The molecule has 0 atom stereocenters. The summed E-state index contributed by atoms with van der Waals surface area (Å²) in [7, 11) is 0. The fourth-order valence-electron chi connectivity index (χ4n) is 0.726. The van der Waals surface area contributed by atoms with Crippen molar-refractivity contribution in [3.05, 3.63) is 30.1 Å². The molecule has 0 fully saturated rings. The van der Waals surface area contributed by atoms with Crippen molar-refractivity contribution in [3.63, 3.8) is 0 Å². The van der Waals surface area contributed by atoms with Gasteiger partial charge in [-0.25, -0.2) is 4.39 Å². The van der Waals surface area contributed by atoms with Crippen LogP contribution in [0.4, 0.5) is 10.1 Å². The number of rotatable bonds is 3. The Balaban J connectivity index is 2.46. The second kappa shape index (κ2) is 4.42. The van der Waals surface area contributed by atoms with Gasteiger partial charge in [0.15, 0.2) is 0 Å². The van der Waals surface area contributed by atoms with Crippen LogP contribution in [0.3, 0.4) is 0 Å². The summed E-state index contributed by atoms with van der Waals surface area (Å²) >= 11 is 0. The zero-order valence-electron chi connectivity index (χ0n) is 6.88. The molecule has 0 aliphatic heterocycles. The van der Waals surface area contributed by atoms with Crippen LogP contribution in [0.25, 0.3) is 0 Å². The molecule has 4 nitrogen and oxygen atoms in total. The van der Waals surface area contributed by atoms with Crippen LogP contribution in [0, 0.1) is 5.82 Å². The van der Waals surface area contributed by atoms with Crippen LogP contribution in [0.1, 0.15) is 0 Å². The molecule has 5 heteroatoms. The van der Waals surface area contributed by atoms with Gasteiger partial charge in [0.2, 0.25) is 0 Å². The van der Waals surface area contributed by atoms with E-state index in [2.05, 4.69) is 10.9 Å². The van der Waals surface area contributed by atoms with Crippen molar-refractivity contribution in [2.45, 2.75) is 0 Å². The lowest BCUT2D eigenvalue weighted by Gasteiger charge is -2.06. The first kappa shape index (κ1) is 9.47. The Hall–Kier alpha value is -1.62. The summed E-state index contributed by atoms with van der Waals surface area (Å²) in [6.07, 6.45) is 0. The molecule has 70 valence electrons. The number of hydrogen-bond acceptors (Lipinski definition) is 3. The minimum Gasteiger partial charge on any atom is -0.322 e. The number of carbonyl (C=O) groups excluding carboxylic acids is 1. The summed E-state index contributed by atoms with van der Waals surface area (Å²) in [5.41, 5.74) is 10.6. The van der Waals surface area contributed by atoms with Crippen molar-refractivity contribution >= 4 is 11.6 Å². The van der Waals surface area contributed by atoms with Gasteiger partial charge in [0, 0.05) is 0 Å². The maximum absolute atomic E-state index is 12.4. The smallest absolute Gasteiger partial charge is 0.252 e. The molecule has 0 spiro atoms. The van der Waals surface area contributed by atoms with E-state index in [1.54, 1.807) is 0 Å². The van der Waals surface area contributed by atoms with Crippen molar-refractivity contribution in [1.82, 2.24) is 5.43 Å². The third kappa shape index (κ3) is 3.08. The van der Waals surface area contributed by atoms with E-state index >= 15 is 0 Å². The largest absolute Gasteiger partial charge is 0.322 e. The second-order valence-electron chi connectivity index (χ2n) is 2.38. The van der Waals surface area contributed by atoms with Crippen LogP contribution in [0.2, 0.25) is 0 Å². The number of benzene rings is 1. The average Bonchev–Trinajstić information content (AvgIpc) is 2.16. The van der Waals surface area contributed by atoms with Crippen molar-refractivity contribution in [3.8, 4) is 0 Å². The zero-order valence-corrected chi connectivity index (χ0v) is 6.88. The van der Waals surface area contributed by atoms with Gasteiger partial charge in [-0.3, -0.25) is 15.6 Å². The van der Waals surface area contributed by atoms with Crippen LogP contribution in [0.5, 0.6) is 0 Å². The van der Waals surface area contributed by atoms with Crippen LogP contribution >= 0.6 is 0 Å². The monoisotopic (exact) mass is 183 g/mol. The lowest BCUT2D eigenvalue weighted by Crippen LogP contribution is -2.34. The molecule has 1 aromatic rings. The molecule has 0 aliphatic rings. The molecule has 4 N–H and O–H groups in total. The Kier molecular flexibility index (Phi) is 3.22. The molecular formula is C8H10FN3O. The SMILES string of the molecule is NCC(=O)NNc1ccc(F)cc1. The minimum absolute atomic E-state index is 0.0891. The fraction of sp³-hybridized carbons (Fsp3) is 0.125. The molecule has 0 bridgehead atoms. The molecular weight excluding hydrogens is 173 g/mol. The highest BCUT2D eigenvalue weighted by atomic mass is 19.1. The van der Waals surface area contributed by atoms with E-state index in [0.29, 0.717) is 5.69 Å². The Morgan fingerprint density at radius 3 is 2.54 bits per heavy atom. The molecule has 0 radical (unpaired) electrons. The van der Waals surface area contributed by atoms with E-state index in [1.807, 2.05) is 0 Å².